The first-order valence-electron chi connectivity index (χ1n) is 7.16. The van der Waals surface area contributed by atoms with Gasteiger partial charge < -0.3 is 10.8 Å². The fourth-order valence-electron chi connectivity index (χ4n) is 2.65. The number of benzene rings is 1. The van der Waals surface area contributed by atoms with Gasteiger partial charge in [-0.2, -0.15) is 0 Å². The summed E-state index contributed by atoms with van der Waals surface area (Å²) in [5, 5.41) is 9.04. The monoisotopic (exact) mass is 295 g/mol. The Morgan fingerprint density at radius 1 is 1.23 bits per heavy atom. The maximum absolute atomic E-state index is 11.2. The normalized spacial score (nSPS) is 11.0. The van der Waals surface area contributed by atoms with Crippen molar-refractivity contribution in [1.82, 2.24) is 9.38 Å². The van der Waals surface area contributed by atoms with Crippen LogP contribution in [0.25, 0.3) is 16.8 Å². The molecule has 0 bridgehead atoms. The molecule has 0 saturated carbocycles. The van der Waals surface area contributed by atoms with Crippen molar-refractivity contribution in [2.75, 3.05) is 12.3 Å². The molecule has 1 aromatic carbocycles. The number of aldehydes is 1. The summed E-state index contributed by atoms with van der Waals surface area (Å²) in [7, 11) is 0. The molecule has 0 saturated heterocycles. The zero-order valence-electron chi connectivity index (χ0n) is 12.1. The topological polar surface area (TPSA) is 80.6 Å². The predicted molar refractivity (Wildman–Crippen MR) is 85.8 cm³/mol. The van der Waals surface area contributed by atoms with E-state index < -0.39 is 0 Å². The number of carbonyl (C=O) groups excluding carboxylic acids is 1. The number of fused-ring (bicyclic) bond motifs is 1. The molecule has 0 aliphatic heterocycles. The standard InChI is InChI=1S/C17H17N3O2/c18-17-15(11-22)20-10-13(7-8-16(20)19-17)14-6-2-1-4-12(14)5-3-9-21/h1-2,4,6-8,10-11,21H,3,5,9,18H2. The van der Waals surface area contributed by atoms with E-state index >= 15 is 0 Å². The molecule has 2 heterocycles. The highest BCUT2D eigenvalue weighted by molar-refractivity contribution is 5.82. The number of rotatable bonds is 5. The third kappa shape index (κ3) is 2.46. The molecule has 0 unspecified atom stereocenters. The van der Waals surface area contributed by atoms with Gasteiger partial charge in [-0.25, -0.2) is 4.98 Å². The van der Waals surface area contributed by atoms with E-state index in [1.54, 1.807) is 4.40 Å². The second kappa shape index (κ2) is 5.99. The summed E-state index contributed by atoms with van der Waals surface area (Å²) in [6.45, 7) is 0.167. The average Bonchev–Trinajstić information content (AvgIpc) is 2.87. The van der Waals surface area contributed by atoms with Gasteiger partial charge in [0.05, 0.1) is 0 Å². The van der Waals surface area contributed by atoms with Crippen LogP contribution in [-0.4, -0.2) is 27.4 Å². The van der Waals surface area contributed by atoms with Gasteiger partial charge in [-0.3, -0.25) is 9.20 Å². The first kappa shape index (κ1) is 14.3. The van der Waals surface area contributed by atoms with Crippen LogP contribution in [0.3, 0.4) is 0 Å². The molecule has 5 nitrogen and oxygen atoms in total. The second-order valence-corrected chi connectivity index (χ2v) is 5.13. The minimum atomic E-state index is 0.167. The molecule has 0 radical (unpaired) electrons. The number of carbonyl (C=O) groups is 1. The molecule has 0 atom stereocenters. The number of hydrogen-bond donors (Lipinski definition) is 2. The summed E-state index contributed by atoms with van der Waals surface area (Å²) in [5.74, 6) is 0.237. The Morgan fingerprint density at radius 3 is 2.82 bits per heavy atom. The number of imidazole rings is 1. The van der Waals surface area contributed by atoms with Crippen LogP contribution in [0, 0.1) is 0 Å². The van der Waals surface area contributed by atoms with Crippen molar-refractivity contribution in [3.05, 3.63) is 53.9 Å². The summed E-state index contributed by atoms with van der Waals surface area (Å²) in [4.78, 5) is 15.4. The molecule has 0 amide bonds. The highest BCUT2D eigenvalue weighted by atomic mass is 16.2. The summed E-state index contributed by atoms with van der Waals surface area (Å²) in [5.41, 5.74) is 10.0. The molecule has 0 spiro atoms. The summed E-state index contributed by atoms with van der Waals surface area (Å²) < 4.78 is 1.71. The van der Waals surface area contributed by atoms with Gasteiger partial charge >= 0.3 is 0 Å². The van der Waals surface area contributed by atoms with Crippen LogP contribution in [0.15, 0.2) is 42.6 Å². The van der Waals surface area contributed by atoms with Gasteiger partial charge in [0.1, 0.15) is 11.3 Å². The van der Waals surface area contributed by atoms with Crippen molar-refractivity contribution in [2.24, 2.45) is 0 Å². The lowest BCUT2D eigenvalue weighted by Crippen LogP contribution is -1.97. The van der Waals surface area contributed by atoms with Gasteiger partial charge in [0.25, 0.3) is 0 Å². The van der Waals surface area contributed by atoms with Crippen molar-refractivity contribution in [2.45, 2.75) is 12.8 Å². The number of nitrogens with two attached hydrogens (primary N) is 1. The molecule has 22 heavy (non-hydrogen) atoms. The Kier molecular flexibility index (Phi) is 3.89. The number of anilines is 1. The van der Waals surface area contributed by atoms with Gasteiger partial charge in [-0.05, 0) is 41.7 Å². The number of aryl methyl sites for hydroxylation is 1. The highest BCUT2D eigenvalue weighted by Gasteiger charge is 2.11. The molecule has 0 aliphatic carbocycles. The van der Waals surface area contributed by atoms with Crippen molar-refractivity contribution < 1.29 is 9.90 Å². The predicted octanol–water partition coefficient (Wildman–Crippen LogP) is 2.32. The molecular formula is C17H17N3O2. The van der Waals surface area contributed by atoms with Crippen LogP contribution in [0.4, 0.5) is 5.82 Å². The third-order valence-electron chi connectivity index (χ3n) is 3.73. The average molecular weight is 295 g/mol. The number of hydrogen-bond acceptors (Lipinski definition) is 4. The van der Waals surface area contributed by atoms with Crippen molar-refractivity contribution >= 4 is 17.8 Å². The lowest BCUT2D eigenvalue weighted by atomic mass is 9.98. The van der Waals surface area contributed by atoms with Crippen LogP contribution in [0.5, 0.6) is 0 Å². The van der Waals surface area contributed by atoms with E-state index in [2.05, 4.69) is 11.1 Å². The molecule has 5 heteroatoms. The van der Waals surface area contributed by atoms with Crippen molar-refractivity contribution in [3.8, 4) is 11.1 Å². The minimum Gasteiger partial charge on any atom is -0.396 e. The first-order chi connectivity index (χ1) is 10.7. The molecule has 3 N–H and O–H groups in total. The van der Waals surface area contributed by atoms with E-state index in [0.717, 1.165) is 35.8 Å². The maximum atomic E-state index is 11.2. The summed E-state index contributed by atoms with van der Waals surface area (Å²) >= 11 is 0. The fraction of sp³-hybridized carbons (Fsp3) is 0.176. The van der Waals surface area contributed by atoms with E-state index in [9.17, 15) is 4.79 Å². The largest absolute Gasteiger partial charge is 0.396 e. The van der Waals surface area contributed by atoms with Crippen LogP contribution >= 0.6 is 0 Å². The van der Waals surface area contributed by atoms with Crippen LogP contribution in [0.1, 0.15) is 22.5 Å². The zero-order valence-corrected chi connectivity index (χ0v) is 12.1. The Morgan fingerprint density at radius 2 is 2.05 bits per heavy atom. The minimum absolute atomic E-state index is 0.167. The van der Waals surface area contributed by atoms with E-state index in [4.69, 9.17) is 10.8 Å². The van der Waals surface area contributed by atoms with Gasteiger partial charge in [-0.1, -0.05) is 24.3 Å². The van der Waals surface area contributed by atoms with Crippen LogP contribution in [-0.2, 0) is 6.42 Å². The molecule has 3 aromatic rings. The van der Waals surface area contributed by atoms with Gasteiger partial charge in [-0.15, -0.1) is 0 Å². The Hall–Kier alpha value is -2.66. The number of nitrogen functional groups attached to an aromatic ring is 1. The number of nitrogens with zero attached hydrogens (tertiary/aromatic N) is 2. The van der Waals surface area contributed by atoms with Gasteiger partial charge in [0.15, 0.2) is 12.1 Å². The quantitative estimate of drug-likeness (QED) is 0.708. The molecule has 2 aromatic heterocycles. The molecule has 3 rings (SSSR count). The smallest absolute Gasteiger partial charge is 0.170 e. The Labute approximate surface area is 128 Å². The highest BCUT2D eigenvalue weighted by Crippen LogP contribution is 2.26. The third-order valence-corrected chi connectivity index (χ3v) is 3.73. The number of aromatic nitrogens is 2. The molecule has 0 fully saturated rings. The summed E-state index contributed by atoms with van der Waals surface area (Å²) in [6.07, 6.45) is 4.12. The lowest BCUT2D eigenvalue weighted by molar-refractivity contribution is 0.111. The Balaban J connectivity index is 2.12. The zero-order chi connectivity index (χ0) is 15.5. The SMILES string of the molecule is Nc1nc2ccc(-c3ccccc3CCCO)cn2c1C=O. The van der Waals surface area contributed by atoms with E-state index in [1.807, 2.05) is 36.5 Å². The van der Waals surface area contributed by atoms with E-state index in [-0.39, 0.29) is 12.4 Å². The van der Waals surface area contributed by atoms with Gasteiger partial charge in [0.2, 0.25) is 0 Å². The first-order valence-corrected chi connectivity index (χ1v) is 7.16. The van der Waals surface area contributed by atoms with E-state index in [1.165, 1.54) is 0 Å². The maximum Gasteiger partial charge on any atom is 0.170 e. The van der Waals surface area contributed by atoms with Crippen molar-refractivity contribution in [1.29, 1.82) is 0 Å². The Bertz CT molecular complexity index is 824. The van der Waals surface area contributed by atoms with Crippen molar-refractivity contribution in [3.63, 3.8) is 0 Å². The second-order valence-electron chi connectivity index (χ2n) is 5.13. The summed E-state index contributed by atoms with van der Waals surface area (Å²) in [6, 6.07) is 11.9. The molecule has 112 valence electrons. The van der Waals surface area contributed by atoms with Crippen LogP contribution < -0.4 is 5.73 Å². The van der Waals surface area contributed by atoms with Crippen LogP contribution in [0.2, 0.25) is 0 Å². The van der Waals surface area contributed by atoms with Gasteiger partial charge in [0, 0.05) is 12.8 Å². The fourth-order valence-corrected chi connectivity index (χ4v) is 2.65. The molecular weight excluding hydrogens is 278 g/mol. The number of aliphatic hydroxyl groups excluding tert-OH is 1. The molecule has 0 aliphatic rings. The number of pyridine rings is 1. The number of aliphatic hydroxyl groups is 1. The lowest BCUT2D eigenvalue weighted by Gasteiger charge is -2.10. The van der Waals surface area contributed by atoms with E-state index in [0.29, 0.717) is 11.3 Å².